The SMILES string of the molecule is C=C(C)C1CCC(C)=CC1c1c(O)cc(CCCCC)c(C(=O)N(C)Cc2cccnc2)c1O. The third-order valence-electron chi connectivity index (χ3n) is 6.87. The van der Waals surface area contributed by atoms with E-state index in [2.05, 4.69) is 31.5 Å². The van der Waals surface area contributed by atoms with E-state index in [-0.39, 0.29) is 29.2 Å². The van der Waals surface area contributed by atoms with Gasteiger partial charge in [0.1, 0.15) is 11.5 Å². The van der Waals surface area contributed by atoms with E-state index < -0.39 is 0 Å². The number of hydrogen-bond acceptors (Lipinski definition) is 4. The van der Waals surface area contributed by atoms with E-state index in [0.717, 1.165) is 43.2 Å². The number of phenols is 2. The third kappa shape index (κ3) is 5.69. The summed E-state index contributed by atoms with van der Waals surface area (Å²) in [6.07, 6.45) is 11.0. The third-order valence-corrected chi connectivity index (χ3v) is 6.87. The normalized spacial score (nSPS) is 17.8. The van der Waals surface area contributed by atoms with E-state index in [0.29, 0.717) is 29.7 Å². The Bertz CT molecular complexity index is 1060. The van der Waals surface area contributed by atoms with Crippen LogP contribution in [0, 0.1) is 5.92 Å². The molecule has 2 unspecified atom stereocenters. The molecule has 1 heterocycles. The maximum Gasteiger partial charge on any atom is 0.257 e. The van der Waals surface area contributed by atoms with Crippen molar-refractivity contribution in [3.05, 3.63) is 76.6 Å². The molecule has 2 atom stereocenters. The first kappa shape index (κ1) is 25.5. The van der Waals surface area contributed by atoms with Crippen LogP contribution >= 0.6 is 0 Å². The number of nitrogens with zero attached hydrogens (tertiary/aromatic N) is 2. The van der Waals surface area contributed by atoms with Crippen LogP contribution in [0.1, 0.15) is 85.8 Å². The fraction of sp³-hybridized carbons (Fsp3) is 0.448. The Balaban J connectivity index is 2.09. The predicted molar refractivity (Wildman–Crippen MR) is 137 cm³/mol. The lowest BCUT2D eigenvalue weighted by Gasteiger charge is -2.32. The molecule has 0 radical (unpaired) electrons. The van der Waals surface area contributed by atoms with Crippen LogP contribution in [0.2, 0.25) is 0 Å². The van der Waals surface area contributed by atoms with E-state index in [1.807, 2.05) is 19.1 Å². The number of aromatic hydroxyl groups is 2. The van der Waals surface area contributed by atoms with Crippen LogP contribution in [-0.2, 0) is 13.0 Å². The summed E-state index contributed by atoms with van der Waals surface area (Å²) in [6, 6.07) is 5.46. The lowest BCUT2D eigenvalue weighted by atomic mass is 9.73. The van der Waals surface area contributed by atoms with Gasteiger partial charge in [-0.05, 0) is 68.7 Å². The number of hydrogen-bond donors (Lipinski definition) is 2. The van der Waals surface area contributed by atoms with Gasteiger partial charge in [0.15, 0.2) is 0 Å². The minimum Gasteiger partial charge on any atom is -0.507 e. The Morgan fingerprint density at radius 3 is 2.71 bits per heavy atom. The lowest BCUT2D eigenvalue weighted by molar-refractivity contribution is 0.0780. The highest BCUT2D eigenvalue weighted by Crippen LogP contribution is 2.48. The van der Waals surface area contributed by atoms with E-state index in [4.69, 9.17) is 0 Å². The fourth-order valence-corrected chi connectivity index (χ4v) is 4.99. The number of amides is 1. The van der Waals surface area contributed by atoms with Crippen LogP contribution in [0.25, 0.3) is 0 Å². The van der Waals surface area contributed by atoms with Crippen molar-refractivity contribution in [2.75, 3.05) is 7.05 Å². The van der Waals surface area contributed by atoms with Gasteiger partial charge in [0, 0.05) is 37.5 Å². The average Bonchev–Trinajstić information content (AvgIpc) is 2.79. The predicted octanol–water partition coefficient (Wildman–Crippen LogP) is 6.51. The first-order valence-corrected chi connectivity index (χ1v) is 12.3. The Hall–Kier alpha value is -3.08. The number of aryl methyl sites for hydroxylation is 1. The van der Waals surface area contributed by atoms with Crippen molar-refractivity contribution in [3.63, 3.8) is 0 Å². The van der Waals surface area contributed by atoms with Crippen LogP contribution in [0.15, 0.2) is 54.4 Å². The number of benzene rings is 1. The summed E-state index contributed by atoms with van der Waals surface area (Å²) < 4.78 is 0. The molecule has 182 valence electrons. The van der Waals surface area contributed by atoms with E-state index in [1.165, 1.54) is 5.57 Å². The molecule has 0 fully saturated rings. The van der Waals surface area contributed by atoms with Crippen molar-refractivity contribution in [2.45, 2.75) is 71.8 Å². The van der Waals surface area contributed by atoms with Crippen molar-refractivity contribution in [2.24, 2.45) is 5.92 Å². The summed E-state index contributed by atoms with van der Waals surface area (Å²) in [7, 11) is 1.73. The van der Waals surface area contributed by atoms with Crippen LogP contribution in [-0.4, -0.2) is 33.1 Å². The van der Waals surface area contributed by atoms with Gasteiger partial charge in [-0.2, -0.15) is 0 Å². The number of unbranched alkanes of at least 4 members (excludes halogenated alkanes) is 2. The maximum atomic E-state index is 13.7. The number of pyridine rings is 1. The van der Waals surface area contributed by atoms with Crippen LogP contribution < -0.4 is 0 Å². The largest absolute Gasteiger partial charge is 0.507 e. The van der Waals surface area contributed by atoms with Crippen molar-refractivity contribution in [3.8, 4) is 11.5 Å². The van der Waals surface area contributed by atoms with Gasteiger partial charge in [-0.3, -0.25) is 9.78 Å². The molecule has 2 N–H and O–H groups in total. The highest BCUT2D eigenvalue weighted by atomic mass is 16.3. The van der Waals surface area contributed by atoms with Crippen molar-refractivity contribution < 1.29 is 15.0 Å². The summed E-state index contributed by atoms with van der Waals surface area (Å²) in [4.78, 5) is 19.4. The monoisotopic (exact) mass is 462 g/mol. The molecular formula is C29H38N2O3. The smallest absolute Gasteiger partial charge is 0.257 e. The molecule has 0 aliphatic heterocycles. The summed E-state index contributed by atoms with van der Waals surface area (Å²) in [6.45, 7) is 10.7. The summed E-state index contributed by atoms with van der Waals surface area (Å²) in [5.74, 6) is -0.416. The van der Waals surface area contributed by atoms with Gasteiger partial charge >= 0.3 is 0 Å². The van der Waals surface area contributed by atoms with Gasteiger partial charge in [-0.25, -0.2) is 0 Å². The maximum absolute atomic E-state index is 13.7. The Kier molecular flexibility index (Phi) is 8.54. The molecule has 1 aromatic heterocycles. The fourth-order valence-electron chi connectivity index (χ4n) is 4.99. The molecule has 1 aliphatic rings. The number of rotatable bonds is 9. The summed E-state index contributed by atoms with van der Waals surface area (Å²) in [5.41, 5.74) is 4.57. The average molecular weight is 463 g/mol. The van der Waals surface area contributed by atoms with Crippen LogP contribution in [0.5, 0.6) is 11.5 Å². The van der Waals surface area contributed by atoms with Crippen LogP contribution in [0.4, 0.5) is 0 Å². The Morgan fingerprint density at radius 2 is 2.06 bits per heavy atom. The molecule has 1 aromatic carbocycles. The van der Waals surface area contributed by atoms with Crippen molar-refractivity contribution in [1.82, 2.24) is 9.88 Å². The molecule has 1 amide bonds. The molecule has 1 aliphatic carbocycles. The standard InChI is InChI=1S/C29H38N2O3/c1-6-7-8-11-22-16-25(32)27(24-15-20(4)12-13-23(24)19(2)3)28(33)26(22)29(34)31(5)18-21-10-9-14-30-17-21/h9-10,14-17,23-24,32-33H,2,6-8,11-13,18H2,1,3-5H3. The van der Waals surface area contributed by atoms with Gasteiger partial charge in [0.05, 0.1) is 5.56 Å². The number of phenolic OH excluding ortho intramolecular Hbond substituents is 2. The first-order chi connectivity index (χ1) is 16.2. The second-order valence-electron chi connectivity index (χ2n) is 9.70. The van der Waals surface area contributed by atoms with E-state index in [9.17, 15) is 15.0 Å². The zero-order valence-electron chi connectivity index (χ0n) is 21.0. The number of allylic oxidation sites excluding steroid dienone is 3. The Morgan fingerprint density at radius 1 is 1.29 bits per heavy atom. The summed E-state index contributed by atoms with van der Waals surface area (Å²) in [5, 5.41) is 22.6. The molecular weight excluding hydrogens is 424 g/mol. The number of aromatic nitrogens is 1. The molecule has 2 aromatic rings. The molecule has 5 heteroatoms. The minimum absolute atomic E-state index is 0.0534. The highest BCUT2D eigenvalue weighted by Gasteiger charge is 2.33. The Labute approximate surface area is 203 Å². The minimum atomic E-state index is -0.252. The molecule has 3 rings (SSSR count). The van der Waals surface area contributed by atoms with Gasteiger partial charge < -0.3 is 15.1 Å². The zero-order chi connectivity index (χ0) is 24.8. The zero-order valence-corrected chi connectivity index (χ0v) is 21.0. The molecule has 34 heavy (non-hydrogen) atoms. The van der Waals surface area contributed by atoms with Gasteiger partial charge in [-0.1, -0.05) is 49.6 Å². The second kappa shape index (κ2) is 11.4. The number of carbonyl (C=O) groups is 1. The molecule has 0 saturated heterocycles. The van der Waals surface area contributed by atoms with E-state index >= 15 is 0 Å². The topological polar surface area (TPSA) is 73.7 Å². The van der Waals surface area contributed by atoms with Gasteiger partial charge in [0.2, 0.25) is 0 Å². The lowest BCUT2D eigenvalue weighted by Crippen LogP contribution is -2.28. The molecule has 5 nitrogen and oxygen atoms in total. The summed E-state index contributed by atoms with van der Waals surface area (Å²) >= 11 is 0. The van der Waals surface area contributed by atoms with Gasteiger partial charge in [0.25, 0.3) is 5.91 Å². The van der Waals surface area contributed by atoms with Crippen molar-refractivity contribution >= 4 is 5.91 Å². The highest BCUT2D eigenvalue weighted by molar-refractivity contribution is 5.99. The van der Waals surface area contributed by atoms with Crippen molar-refractivity contribution in [1.29, 1.82) is 0 Å². The quantitative estimate of drug-likeness (QED) is 0.329. The molecule has 0 bridgehead atoms. The van der Waals surface area contributed by atoms with Crippen LogP contribution in [0.3, 0.4) is 0 Å². The second-order valence-corrected chi connectivity index (χ2v) is 9.70. The molecule has 0 spiro atoms. The number of carbonyl (C=O) groups excluding carboxylic acids is 1. The van der Waals surface area contributed by atoms with E-state index in [1.54, 1.807) is 30.4 Å². The first-order valence-electron chi connectivity index (χ1n) is 12.3. The molecule has 0 saturated carbocycles. The van der Waals surface area contributed by atoms with Gasteiger partial charge in [-0.15, -0.1) is 0 Å².